The molecule has 128 valence electrons. The van der Waals surface area contributed by atoms with Crippen LogP contribution in [0.2, 0.25) is 0 Å². The van der Waals surface area contributed by atoms with Gasteiger partial charge in [-0.15, -0.1) is 0 Å². The van der Waals surface area contributed by atoms with Crippen LogP contribution in [0.4, 0.5) is 17.1 Å². The van der Waals surface area contributed by atoms with Gasteiger partial charge >= 0.3 is 11.7 Å². The summed E-state index contributed by atoms with van der Waals surface area (Å²) in [4.78, 5) is 32.6. The number of benzene rings is 1. The number of non-ortho nitro benzene ring substituents is 1. The van der Waals surface area contributed by atoms with Crippen LogP contribution in [-0.2, 0) is 4.74 Å². The van der Waals surface area contributed by atoms with Crippen LogP contribution in [0.3, 0.4) is 0 Å². The fourth-order valence-electron chi connectivity index (χ4n) is 2.14. The van der Waals surface area contributed by atoms with Crippen molar-refractivity contribution in [2.24, 2.45) is 0 Å². The van der Waals surface area contributed by atoms with Gasteiger partial charge in [0.1, 0.15) is 11.8 Å². The van der Waals surface area contributed by atoms with E-state index >= 15 is 0 Å². The third-order valence-electron chi connectivity index (χ3n) is 3.22. The van der Waals surface area contributed by atoms with Gasteiger partial charge in [0.2, 0.25) is 0 Å². The summed E-state index contributed by atoms with van der Waals surface area (Å²) in [5.74, 6) is -0.932. The number of nitrogens with two attached hydrogens (primary N) is 1. The Morgan fingerprint density at radius 3 is 2.48 bits per heavy atom. The molecule has 0 spiro atoms. The first-order valence-corrected chi connectivity index (χ1v) is 7.14. The predicted octanol–water partition coefficient (Wildman–Crippen LogP) is 2.30. The molecule has 1 heterocycles. The number of nitro groups is 2. The van der Waals surface area contributed by atoms with E-state index < -0.39 is 27.2 Å². The number of esters is 1. The molecule has 11 nitrogen and oxygen atoms in total. The third kappa shape index (κ3) is 3.00. The number of hydrogen-bond donors (Lipinski definition) is 1. The summed E-state index contributed by atoms with van der Waals surface area (Å²) in [6, 6.07) is 3.53. The van der Waals surface area contributed by atoms with Crippen molar-refractivity contribution in [3.05, 3.63) is 54.3 Å². The average Bonchev–Trinajstić information content (AvgIpc) is 2.89. The van der Waals surface area contributed by atoms with E-state index in [1.165, 1.54) is 0 Å². The van der Waals surface area contributed by atoms with E-state index in [9.17, 15) is 25.0 Å². The van der Waals surface area contributed by atoms with Crippen LogP contribution >= 0.6 is 15.9 Å². The number of aromatic nitrogens is 1. The van der Waals surface area contributed by atoms with E-state index in [0.717, 1.165) is 30.0 Å². The Hall–Kier alpha value is -3.46. The molecule has 2 N–H and O–H groups in total. The van der Waals surface area contributed by atoms with Gasteiger partial charge in [-0.3, -0.25) is 20.2 Å². The molecule has 0 aliphatic rings. The molecule has 0 radical (unpaired) electrons. The first-order valence-electron chi connectivity index (χ1n) is 6.34. The standard InChI is InChI=1S/C13H8BrN5O6/c1-25-13(20)12-10(16)6(4-15)5-17(12)11-8(14)2-7(18(21)22)3-9(11)19(23)24/h2-3,5H,16H2,1H3. The molecule has 12 heteroatoms. The summed E-state index contributed by atoms with van der Waals surface area (Å²) in [5, 5.41) is 31.4. The number of halogens is 1. The number of nitro benzene ring substituents is 2. The predicted molar refractivity (Wildman–Crippen MR) is 87.2 cm³/mol. The van der Waals surface area contributed by atoms with Crippen molar-refractivity contribution in [2.75, 3.05) is 12.8 Å². The fraction of sp³-hybridized carbons (Fsp3) is 0.0769. The molecule has 2 rings (SSSR count). The fourth-order valence-corrected chi connectivity index (χ4v) is 2.77. The number of ether oxygens (including phenoxy) is 1. The van der Waals surface area contributed by atoms with E-state index in [0.29, 0.717) is 0 Å². The molecule has 0 fully saturated rings. The molecule has 1 aromatic heterocycles. The molecule has 0 atom stereocenters. The second-order valence-corrected chi connectivity index (χ2v) is 5.44. The summed E-state index contributed by atoms with van der Waals surface area (Å²) in [6.45, 7) is 0. The molecule has 25 heavy (non-hydrogen) atoms. The summed E-state index contributed by atoms with van der Waals surface area (Å²) >= 11 is 3.03. The van der Waals surface area contributed by atoms with Gasteiger partial charge in [0.05, 0.1) is 38.7 Å². The molecule has 0 bridgehead atoms. The van der Waals surface area contributed by atoms with E-state index in [-0.39, 0.29) is 27.1 Å². The average molecular weight is 410 g/mol. The van der Waals surface area contributed by atoms with Gasteiger partial charge in [-0.05, 0) is 15.9 Å². The van der Waals surface area contributed by atoms with Crippen LogP contribution in [0, 0.1) is 31.6 Å². The second kappa shape index (κ2) is 6.57. The van der Waals surface area contributed by atoms with E-state index in [1.54, 1.807) is 6.07 Å². The third-order valence-corrected chi connectivity index (χ3v) is 3.82. The van der Waals surface area contributed by atoms with Crippen molar-refractivity contribution < 1.29 is 19.4 Å². The lowest BCUT2D eigenvalue weighted by Crippen LogP contribution is -2.12. The SMILES string of the molecule is COC(=O)c1c(N)c(C#N)cn1-c1c(Br)cc([N+](=O)[O-])cc1[N+](=O)[O-]. The van der Waals surface area contributed by atoms with Crippen molar-refractivity contribution in [1.29, 1.82) is 5.26 Å². The summed E-state index contributed by atoms with van der Waals surface area (Å²) in [7, 11) is 1.07. The lowest BCUT2D eigenvalue weighted by molar-refractivity contribution is -0.394. The highest BCUT2D eigenvalue weighted by atomic mass is 79.9. The van der Waals surface area contributed by atoms with Gasteiger partial charge < -0.3 is 15.0 Å². The van der Waals surface area contributed by atoms with Crippen LogP contribution in [-0.4, -0.2) is 27.5 Å². The quantitative estimate of drug-likeness (QED) is 0.455. The van der Waals surface area contributed by atoms with Crippen LogP contribution in [0.25, 0.3) is 5.69 Å². The van der Waals surface area contributed by atoms with E-state index in [1.807, 2.05) is 0 Å². The molecular formula is C13H8BrN5O6. The highest BCUT2D eigenvalue weighted by Crippen LogP contribution is 2.38. The lowest BCUT2D eigenvalue weighted by atomic mass is 10.2. The summed E-state index contributed by atoms with van der Waals surface area (Å²) in [5.41, 5.74) is 3.71. The number of rotatable bonds is 4. The first-order chi connectivity index (χ1) is 11.7. The Morgan fingerprint density at radius 1 is 1.36 bits per heavy atom. The Balaban J connectivity index is 2.92. The highest BCUT2D eigenvalue weighted by molar-refractivity contribution is 9.10. The Morgan fingerprint density at radius 2 is 2.00 bits per heavy atom. The Kier molecular flexibility index (Phi) is 4.70. The van der Waals surface area contributed by atoms with Crippen LogP contribution in [0.1, 0.15) is 16.1 Å². The van der Waals surface area contributed by atoms with Gasteiger partial charge in [0, 0.05) is 12.3 Å². The van der Waals surface area contributed by atoms with Crippen molar-refractivity contribution in [1.82, 2.24) is 4.57 Å². The maximum atomic E-state index is 12.0. The topological polar surface area (TPSA) is 167 Å². The normalized spacial score (nSPS) is 10.1. The number of carbonyl (C=O) groups is 1. The highest BCUT2D eigenvalue weighted by Gasteiger charge is 2.30. The van der Waals surface area contributed by atoms with Gasteiger partial charge in [-0.2, -0.15) is 5.26 Å². The monoisotopic (exact) mass is 409 g/mol. The van der Waals surface area contributed by atoms with Crippen molar-refractivity contribution in [2.45, 2.75) is 0 Å². The molecule has 0 saturated carbocycles. The Labute approximate surface area is 147 Å². The molecule has 0 aliphatic carbocycles. The van der Waals surface area contributed by atoms with Crippen molar-refractivity contribution in [3.63, 3.8) is 0 Å². The maximum absolute atomic E-state index is 12.0. The molecule has 1 aromatic carbocycles. The largest absolute Gasteiger partial charge is 0.464 e. The molecule has 0 unspecified atom stereocenters. The smallest absolute Gasteiger partial charge is 0.357 e. The van der Waals surface area contributed by atoms with Gasteiger partial charge in [0.25, 0.3) is 5.69 Å². The number of nitriles is 1. The first kappa shape index (κ1) is 17.9. The number of nitrogen functional groups attached to an aromatic ring is 1. The maximum Gasteiger partial charge on any atom is 0.357 e. The number of carbonyl (C=O) groups excluding carboxylic acids is 1. The number of anilines is 1. The molecule has 0 amide bonds. The number of hydrogen-bond acceptors (Lipinski definition) is 8. The van der Waals surface area contributed by atoms with Crippen molar-refractivity contribution in [3.8, 4) is 11.8 Å². The number of methoxy groups -OCH3 is 1. The Bertz CT molecular complexity index is 961. The summed E-state index contributed by atoms with van der Waals surface area (Å²) in [6.07, 6.45) is 1.11. The van der Waals surface area contributed by atoms with Crippen LogP contribution < -0.4 is 5.73 Å². The summed E-state index contributed by atoms with van der Waals surface area (Å²) < 4.78 is 5.54. The van der Waals surface area contributed by atoms with Gasteiger partial charge in [-0.25, -0.2) is 4.79 Å². The molecule has 0 aliphatic heterocycles. The minimum atomic E-state index is -0.932. The van der Waals surface area contributed by atoms with Crippen LogP contribution in [0.15, 0.2) is 22.8 Å². The minimum Gasteiger partial charge on any atom is -0.464 e. The zero-order valence-corrected chi connectivity index (χ0v) is 14.0. The second-order valence-electron chi connectivity index (χ2n) is 4.59. The zero-order chi connectivity index (χ0) is 18.9. The van der Waals surface area contributed by atoms with E-state index in [4.69, 9.17) is 11.0 Å². The van der Waals surface area contributed by atoms with Crippen LogP contribution in [0.5, 0.6) is 0 Å². The zero-order valence-electron chi connectivity index (χ0n) is 12.4. The van der Waals surface area contributed by atoms with E-state index in [2.05, 4.69) is 20.7 Å². The number of nitrogens with zero attached hydrogens (tertiary/aromatic N) is 4. The van der Waals surface area contributed by atoms with Gasteiger partial charge in [-0.1, -0.05) is 0 Å². The minimum absolute atomic E-state index is 0.0435. The molecular weight excluding hydrogens is 402 g/mol. The molecule has 2 aromatic rings. The van der Waals surface area contributed by atoms with Crippen molar-refractivity contribution >= 4 is 39.0 Å². The van der Waals surface area contributed by atoms with Gasteiger partial charge in [0.15, 0.2) is 5.69 Å². The lowest BCUT2D eigenvalue weighted by Gasteiger charge is -2.11. The molecule has 0 saturated heterocycles.